The van der Waals surface area contributed by atoms with E-state index in [0.29, 0.717) is 29.5 Å². The molecule has 0 aliphatic heterocycles. The van der Waals surface area contributed by atoms with Crippen molar-refractivity contribution in [2.45, 2.75) is 45.9 Å². The van der Waals surface area contributed by atoms with Gasteiger partial charge < -0.3 is 19.9 Å². The van der Waals surface area contributed by atoms with Crippen LogP contribution in [0.15, 0.2) is 48.0 Å². The number of fused-ring (bicyclic) bond motifs is 1. The maximum Gasteiger partial charge on any atom is 0.410 e. The number of hydrogen-bond donors (Lipinski definition) is 2. The molecular formula is C25H27FN6O3S. The first-order valence-electron chi connectivity index (χ1n) is 11.4. The molecule has 4 aromatic rings. The monoisotopic (exact) mass is 510 g/mol. The molecule has 0 saturated carbocycles. The normalized spacial score (nSPS) is 11.4. The first kappa shape index (κ1) is 25.2. The molecule has 2 amide bonds. The van der Waals surface area contributed by atoms with E-state index < -0.39 is 17.5 Å². The van der Waals surface area contributed by atoms with Crippen molar-refractivity contribution in [3.8, 4) is 0 Å². The summed E-state index contributed by atoms with van der Waals surface area (Å²) in [6, 6.07) is 10.5. The fourth-order valence-electron chi connectivity index (χ4n) is 3.36. The summed E-state index contributed by atoms with van der Waals surface area (Å²) in [6.07, 6.45) is 1.09. The Bertz CT molecular complexity index is 1310. The summed E-state index contributed by atoms with van der Waals surface area (Å²) < 4.78 is 18.6. The fraction of sp³-hybridized carbons (Fsp3) is 0.320. The van der Waals surface area contributed by atoms with Crippen LogP contribution in [0.2, 0.25) is 0 Å². The number of hydrogen-bond acceptors (Lipinski definition) is 7. The van der Waals surface area contributed by atoms with Gasteiger partial charge in [-0.15, -0.1) is 11.3 Å². The summed E-state index contributed by atoms with van der Waals surface area (Å²) >= 11 is 1.34. The smallest absolute Gasteiger partial charge is 0.410 e. The number of imidazole rings is 1. The second-order valence-corrected chi connectivity index (χ2v) is 10.1. The van der Waals surface area contributed by atoms with Crippen LogP contribution in [0.25, 0.3) is 11.0 Å². The Morgan fingerprint density at radius 1 is 1.17 bits per heavy atom. The van der Waals surface area contributed by atoms with E-state index in [1.54, 1.807) is 10.3 Å². The quantitative estimate of drug-likeness (QED) is 0.362. The summed E-state index contributed by atoms with van der Waals surface area (Å²) in [6.45, 7) is 6.19. The molecule has 9 nitrogen and oxygen atoms in total. The minimum atomic E-state index is -0.644. The molecule has 2 N–H and O–H groups in total. The number of ether oxygens (including phenoxy) is 1. The molecular weight excluding hydrogens is 483 g/mol. The molecule has 36 heavy (non-hydrogen) atoms. The Labute approximate surface area is 211 Å². The van der Waals surface area contributed by atoms with Gasteiger partial charge in [0.25, 0.3) is 5.91 Å². The van der Waals surface area contributed by atoms with Gasteiger partial charge in [-0.1, -0.05) is 12.1 Å². The molecule has 3 heterocycles. The van der Waals surface area contributed by atoms with Crippen molar-refractivity contribution in [3.63, 3.8) is 0 Å². The zero-order chi connectivity index (χ0) is 25.7. The predicted octanol–water partition coefficient (Wildman–Crippen LogP) is 4.46. The van der Waals surface area contributed by atoms with Crippen LogP contribution < -0.4 is 5.32 Å². The highest BCUT2D eigenvalue weighted by atomic mass is 32.1. The van der Waals surface area contributed by atoms with Crippen LogP contribution in [-0.4, -0.2) is 49.0 Å². The third kappa shape index (κ3) is 6.85. The number of nitrogens with zero attached hydrogens (tertiary/aromatic N) is 4. The van der Waals surface area contributed by atoms with Gasteiger partial charge in [0.15, 0.2) is 0 Å². The van der Waals surface area contributed by atoms with Gasteiger partial charge in [-0.25, -0.2) is 19.2 Å². The lowest BCUT2D eigenvalue weighted by Crippen LogP contribution is -2.38. The molecule has 0 spiro atoms. The maximum absolute atomic E-state index is 13.0. The standard InChI is InChI=1S/C25H27FN6O3S/c1-25(2,3)35-24(34)32(14-21-29-18-6-4-5-7-19(18)30-21)11-10-22-31-20(15-36-22)23(33)28-13-17-9-8-16(26)12-27-17/h4-9,12,15H,10-11,13-14H2,1-3H3,(H,28,33)(H,29,30). The van der Waals surface area contributed by atoms with Gasteiger partial charge in [0, 0.05) is 18.3 Å². The lowest BCUT2D eigenvalue weighted by molar-refractivity contribution is 0.0231. The van der Waals surface area contributed by atoms with Crippen molar-refractivity contribution >= 4 is 34.4 Å². The number of aromatic nitrogens is 4. The SMILES string of the molecule is CC(C)(C)OC(=O)N(CCc1nc(C(=O)NCc2ccc(F)cn2)cs1)Cc1nc2ccccc2[nH]1. The van der Waals surface area contributed by atoms with Crippen LogP contribution in [-0.2, 0) is 24.2 Å². The Balaban J connectivity index is 1.39. The summed E-state index contributed by atoms with van der Waals surface area (Å²) in [5.74, 6) is -0.138. The maximum atomic E-state index is 13.0. The van der Waals surface area contributed by atoms with E-state index in [0.717, 1.165) is 17.2 Å². The third-order valence-corrected chi connectivity index (χ3v) is 5.94. The zero-order valence-corrected chi connectivity index (χ0v) is 21.1. The first-order chi connectivity index (χ1) is 17.2. The van der Waals surface area contributed by atoms with Crippen molar-refractivity contribution in [3.05, 3.63) is 76.0 Å². The van der Waals surface area contributed by atoms with Gasteiger partial charge in [0.1, 0.15) is 22.9 Å². The Morgan fingerprint density at radius 2 is 1.97 bits per heavy atom. The molecule has 0 saturated heterocycles. The molecule has 188 valence electrons. The number of carbonyl (C=O) groups is 2. The van der Waals surface area contributed by atoms with Crippen molar-refractivity contribution in [1.29, 1.82) is 0 Å². The van der Waals surface area contributed by atoms with Gasteiger partial charge in [-0.3, -0.25) is 9.78 Å². The van der Waals surface area contributed by atoms with Crippen LogP contribution in [0.5, 0.6) is 0 Å². The van der Waals surface area contributed by atoms with E-state index in [2.05, 4.69) is 25.3 Å². The van der Waals surface area contributed by atoms with Gasteiger partial charge >= 0.3 is 6.09 Å². The molecule has 4 rings (SSSR count). The number of aromatic amines is 1. The summed E-state index contributed by atoms with van der Waals surface area (Å²) in [5.41, 5.74) is 1.89. The summed E-state index contributed by atoms with van der Waals surface area (Å²) in [4.78, 5) is 43.1. The lowest BCUT2D eigenvalue weighted by atomic mass is 10.2. The van der Waals surface area contributed by atoms with Crippen LogP contribution >= 0.6 is 11.3 Å². The number of thiazole rings is 1. The number of para-hydroxylation sites is 2. The topological polar surface area (TPSA) is 113 Å². The van der Waals surface area contributed by atoms with Gasteiger partial charge in [0.05, 0.1) is 41.0 Å². The van der Waals surface area contributed by atoms with E-state index in [4.69, 9.17) is 4.74 Å². The highest BCUT2D eigenvalue weighted by Crippen LogP contribution is 2.17. The Hall–Kier alpha value is -3.86. The molecule has 0 bridgehead atoms. The van der Waals surface area contributed by atoms with E-state index in [1.807, 2.05) is 45.0 Å². The van der Waals surface area contributed by atoms with Crippen LogP contribution in [0.1, 0.15) is 47.8 Å². The van der Waals surface area contributed by atoms with Gasteiger partial charge in [-0.2, -0.15) is 0 Å². The second kappa shape index (κ2) is 10.8. The lowest BCUT2D eigenvalue weighted by Gasteiger charge is -2.26. The van der Waals surface area contributed by atoms with Crippen molar-refractivity contribution in [2.75, 3.05) is 6.54 Å². The highest BCUT2D eigenvalue weighted by Gasteiger charge is 2.24. The van der Waals surface area contributed by atoms with Crippen molar-refractivity contribution < 1.29 is 18.7 Å². The van der Waals surface area contributed by atoms with Crippen LogP contribution in [0.3, 0.4) is 0 Å². The van der Waals surface area contributed by atoms with Crippen molar-refractivity contribution in [2.24, 2.45) is 0 Å². The molecule has 11 heteroatoms. The summed E-state index contributed by atoms with van der Waals surface area (Å²) in [7, 11) is 0. The van der Waals surface area contributed by atoms with E-state index in [-0.39, 0.29) is 24.7 Å². The minimum Gasteiger partial charge on any atom is -0.444 e. The molecule has 3 aromatic heterocycles. The summed E-state index contributed by atoms with van der Waals surface area (Å²) in [5, 5.41) is 5.10. The molecule has 0 aliphatic carbocycles. The number of H-pyrrole nitrogens is 1. The number of nitrogens with one attached hydrogen (secondary N) is 2. The van der Waals surface area contributed by atoms with E-state index in [9.17, 15) is 14.0 Å². The molecule has 1 aromatic carbocycles. The molecule has 0 radical (unpaired) electrons. The minimum absolute atomic E-state index is 0.163. The molecule has 0 fully saturated rings. The van der Waals surface area contributed by atoms with Crippen LogP contribution in [0, 0.1) is 5.82 Å². The second-order valence-electron chi connectivity index (χ2n) is 9.13. The molecule has 0 aliphatic rings. The number of halogens is 1. The highest BCUT2D eigenvalue weighted by molar-refractivity contribution is 7.09. The fourth-order valence-corrected chi connectivity index (χ4v) is 4.12. The third-order valence-electron chi connectivity index (χ3n) is 5.03. The van der Waals surface area contributed by atoms with Gasteiger partial charge in [0.2, 0.25) is 0 Å². The van der Waals surface area contributed by atoms with E-state index >= 15 is 0 Å². The van der Waals surface area contributed by atoms with Crippen LogP contribution in [0.4, 0.5) is 9.18 Å². The average molecular weight is 511 g/mol. The Morgan fingerprint density at radius 3 is 2.69 bits per heavy atom. The van der Waals surface area contributed by atoms with Crippen molar-refractivity contribution in [1.82, 2.24) is 30.2 Å². The van der Waals surface area contributed by atoms with Gasteiger partial charge in [-0.05, 0) is 45.0 Å². The molecule has 0 unspecified atom stereocenters. The number of carbonyl (C=O) groups excluding carboxylic acids is 2. The predicted molar refractivity (Wildman–Crippen MR) is 134 cm³/mol. The zero-order valence-electron chi connectivity index (χ0n) is 20.2. The number of rotatable bonds is 8. The number of pyridine rings is 1. The molecule has 0 atom stereocenters. The largest absolute Gasteiger partial charge is 0.444 e. The number of amides is 2. The first-order valence-corrected chi connectivity index (χ1v) is 12.3. The van der Waals surface area contributed by atoms with E-state index in [1.165, 1.54) is 23.5 Å². The average Bonchev–Trinajstić information content (AvgIpc) is 3.46. The Kier molecular flexibility index (Phi) is 7.58. The number of benzene rings is 1.